The molecule has 21 heavy (non-hydrogen) atoms. The van der Waals surface area contributed by atoms with Gasteiger partial charge < -0.3 is 10.4 Å². The van der Waals surface area contributed by atoms with Crippen molar-refractivity contribution in [2.45, 2.75) is 19.5 Å². The van der Waals surface area contributed by atoms with E-state index in [1.54, 1.807) is 12.1 Å². The van der Waals surface area contributed by atoms with Crippen LogP contribution < -0.4 is 5.32 Å². The summed E-state index contributed by atoms with van der Waals surface area (Å²) in [4.78, 5) is 0. The Bertz CT molecular complexity index is 734. The number of aromatic hydroxyl groups is 1. The van der Waals surface area contributed by atoms with Gasteiger partial charge in [-0.25, -0.2) is 0 Å². The molecule has 3 aromatic rings. The van der Waals surface area contributed by atoms with Crippen LogP contribution in [0, 0.1) is 0 Å². The first kappa shape index (κ1) is 13.7. The zero-order chi connectivity index (χ0) is 14.7. The number of phenols is 1. The van der Waals surface area contributed by atoms with Crippen LogP contribution in [0.1, 0.15) is 24.1 Å². The van der Waals surface area contributed by atoms with E-state index in [0.29, 0.717) is 5.75 Å². The minimum absolute atomic E-state index is 0.281. The van der Waals surface area contributed by atoms with Gasteiger partial charge in [0.1, 0.15) is 5.75 Å². The first-order chi connectivity index (χ1) is 10.2. The third-order valence-corrected chi connectivity index (χ3v) is 3.82. The Morgan fingerprint density at radius 2 is 1.62 bits per heavy atom. The van der Waals surface area contributed by atoms with Crippen molar-refractivity contribution in [3.8, 4) is 5.75 Å². The van der Waals surface area contributed by atoms with E-state index >= 15 is 0 Å². The average Bonchev–Trinajstić information content (AvgIpc) is 2.53. The smallest absolute Gasteiger partial charge is 0.115 e. The van der Waals surface area contributed by atoms with Gasteiger partial charge in [0, 0.05) is 12.6 Å². The first-order valence-corrected chi connectivity index (χ1v) is 7.22. The van der Waals surface area contributed by atoms with Gasteiger partial charge in [0.15, 0.2) is 0 Å². The van der Waals surface area contributed by atoms with E-state index < -0.39 is 0 Å². The number of phenolic OH excluding ortho intramolecular Hbond substituents is 1. The molecule has 0 amide bonds. The first-order valence-electron chi connectivity index (χ1n) is 7.22. The normalized spacial score (nSPS) is 12.4. The van der Waals surface area contributed by atoms with Gasteiger partial charge in [0.05, 0.1) is 0 Å². The minimum Gasteiger partial charge on any atom is -0.508 e. The van der Waals surface area contributed by atoms with Crippen LogP contribution in [0.3, 0.4) is 0 Å². The molecule has 0 aliphatic carbocycles. The molecule has 3 rings (SSSR count). The van der Waals surface area contributed by atoms with Gasteiger partial charge in [0.25, 0.3) is 0 Å². The molecule has 0 fully saturated rings. The molecule has 2 heteroatoms. The fraction of sp³-hybridized carbons (Fsp3) is 0.158. The molecule has 3 aromatic carbocycles. The predicted molar refractivity (Wildman–Crippen MR) is 87.3 cm³/mol. The lowest BCUT2D eigenvalue weighted by atomic mass is 10.0. The summed E-state index contributed by atoms with van der Waals surface area (Å²) in [6.45, 7) is 2.96. The Hall–Kier alpha value is -2.32. The number of rotatable bonds is 4. The molecule has 2 N–H and O–H groups in total. The Balaban J connectivity index is 1.71. The van der Waals surface area contributed by atoms with E-state index in [4.69, 9.17) is 0 Å². The molecule has 0 aromatic heterocycles. The molecule has 0 radical (unpaired) electrons. The molecular weight excluding hydrogens is 258 g/mol. The number of hydrogen-bond donors (Lipinski definition) is 2. The third kappa shape index (κ3) is 3.23. The molecule has 1 atom stereocenters. The summed E-state index contributed by atoms with van der Waals surface area (Å²) in [6.07, 6.45) is 0. The van der Waals surface area contributed by atoms with E-state index in [2.05, 4.69) is 54.7 Å². The predicted octanol–water partition coefficient (Wildman–Crippen LogP) is 4.40. The Morgan fingerprint density at radius 3 is 2.38 bits per heavy atom. The van der Waals surface area contributed by atoms with E-state index in [-0.39, 0.29) is 6.04 Å². The van der Waals surface area contributed by atoms with E-state index in [0.717, 1.165) is 6.54 Å². The zero-order valence-electron chi connectivity index (χ0n) is 12.1. The van der Waals surface area contributed by atoms with E-state index in [1.807, 2.05) is 12.1 Å². The van der Waals surface area contributed by atoms with Crippen LogP contribution in [0.2, 0.25) is 0 Å². The zero-order valence-corrected chi connectivity index (χ0v) is 12.1. The topological polar surface area (TPSA) is 32.3 Å². The highest BCUT2D eigenvalue weighted by atomic mass is 16.3. The highest BCUT2D eigenvalue weighted by Crippen LogP contribution is 2.20. The van der Waals surface area contributed by atoms with Crippen molar-refractivity contribution in [1.29, 1.82) is 0 Å². The van der Waals surface area contributed by atoms with Crippen LogP contribution in [0.5, 0.6) is 5.75 Å². The monoisotopic (exact) mass is 277 g/mol. The van der Waals surface area contributed by atoms with Gasteiger partial charge in [-0.05, 0) is 47.0 Å². The number of nitrogens with one attached hydrogen (secondary N) is 1. The van der Waals surface area contributed by atoms with Crippen LogP contribution in [0.25, 0.3) is 10.8 Å². The summed E-state index contributed by atoms with van der Waals surface area (Å²) in [5.41, 5.74) is 2.45. The quantitative estimate of drug-likeness (QED) is 0.741. The summed E-state index contributed by atoms with van der Waals surface area (Å²) in [7, 11) is 0. The Labute approximate surface area is 125 Å². The van der Waals surface area contributed by atoms with Crippen molar-refractivity contribution in [3.63, 3.8) is 0 Å². The van der Waals surface area contributed by atoms with Crippen LogP contribution >= 0.6 is 0 Å². The second kappa shape index (κ2) is 5.98. The summed E-state index contributed by atoms with van der Waals surface area (Å²) in [5.74, 6) is 0.307. The molecule has 0 heterocycles. The summed E-state index contributed by atoms with van der Waals surface area (Å²) in [6, 6.07) is 22.6. The van der Waals surface area contributed by atoms with Crippen LogP contribution in [-0.2, 0) is 6.54 Å². The highest BCUT2D eigenvalue weighted by molar-refractivity contribution is 5.83. The number of hydrogen-bond acceptors (Lipinski definition) is 2. The molecule has 0 spiro atoms. The molecular formula is C19H19NO. The summed E-state index contributed by atoms with van der Waals surface area (Å²) >= 11 is 0. The highest BCUT2D eigenvalue weighted by Gasteiger charge is 2.05. The van der Waals surface area contributed by atoms with Crippen molar-refractivity contribution in [2.24, 2.45) is 0 Å². The van der Waals surface area contributed by atoms with Gasteiger partial charge in [-0.1, -0.05) is 48.5 Å². The third-order valence-electron chi connectivity index (χ3n) is 3.82. The Morgan fingerprint density at radius 1 is 0.905 bits per heavy atom. The van der Waals surface area contributed by atoms with Gasteiger partial charge in [-0.3, -0.25) is 0 Å². The lowest BCUT2D eigenvalue weighted by Gasteiger charge is -2.15. The largest absolute Gasteiger partial charge is 0.508 e. The SMILES string of the molecule is CC(NCc1ccc(O)cc1)c1ccc2ccccc2c1. The summed E-state index contributed by atoms with van der Waals surface area (Å²) in [5, 5.41) is 15.4. The van der Waals surface area contributed by atoms with Crippen molar-refractivity contribution in [1.82, 2.24) is 5.32 Å². The van der Waals surface area contributed by atoms with Crippen molar-refractivity contribution in [2.75, 3.05) is 0 Å². The maximum atomic E-state index is 9.29. The van der Waals surface area contributed by atoms with E-state index in [1.165, 1.54) is 21.9 Å². The molecule has 0 saturated carbocycles. The molecule has 0 saturated heterocycles. The number of fused-ring (bicyclic) bond motifs is 1. The van der Waals surface area contributed by atoms with Crippen LogP contribution in [0.15, 0.2) is 66.7 Å². The molecule has 106 valence electrons. The maximum absolute atomic E-state index is 9.29. The molecule has 0 bridgehead atoms. The second-order valence-corrected chi connectivity index (χ2v) is 5.38. The van der Waals surface area contributed by atoms with Gasteiger partial charge in [0.2, 0.25) is 0 Å². The fourth-order valence-corrected chi connectivity index (χ4v) is 2.48. The van der Waals surface area contributed by atoms with Gasteiger partial charge in [-0.15, -0.1) is 0 Å². The van der Waals surface area contributed by atoms with Crippen molar-refractivity contribution in [3.05, 3.63) is 77.9 Å². The average molecular weight is 277 g/mol. The van der Waals surface area contributed by atoms with Gasteiger partial charge in [-0.2, -0.15) is 0 Å². The summed E-state index contributed by atoms with van der Waals surface area (Å²) < 4.78 is 0. The number of benzene rings is 3. The Kier molecular flexibility index (Phi) is 3.89. The van der Waals surface area contributed by atoms with Gasteiger partial charge >= 0.3 is 0 Å². The fourth-order valence-electron chi connectivity index (χ4n) is 2.48. The lowest BCUT2D eigenvalue weighted by molar-refractivity contribution is 0.474. The van der Waals surface area contributed by atoms with Crippen molar-refractivity contribution >= 4 is 10.8 Å². The van der Waals surface area contributed by atoms with Crippen LogP contribution in [-0.4, -0.2) is 5.11 Å². The second-order valence-electron chi connectivity index (χ2n) is 5.38. The van der Waals surface area contributed by atoms with E-state index in [9.17, 15) is 5.11 Å². The molecule has 0 aliphatic heterocycles. The van der Waals surface area contributed by atoms with Crippen molar-refractivity contribution < 1.29 is 5.11 Å². The molecule has 2 nitrogen and oxygen atoms in total. The standard InChI is InChI=1S/C19H19NO/c1-14(20-13-15-6-10-19(21)11-7-15)17-9-8-16-4-2-3-5-18(16)12-17/h2-12,14,20-21H,13H2,1H3. The maximum Gasteiger partial charge on any atom is 0.115 e. The molecule has 0 aliphatic rings. The van der Waals surface area contributed by atoms with Crippen LogP contribution in [0.4, 0.5) is 0 Å². The minimum atomic E-state index is 0.281. The lowest BCUT2D eigenvalue weighted by Crippen LogP contribution is -2.17. The molecule has 1 unspecified atom stereocenters.